The lowest BCUT2D eigenvalue weighted by molar-refractivity contribution is -0.136. The van der Waals surface area contributed by atoms with Crippen molar-refractivity contribution in [3.8, 4) is 0 Å². The molecule has 1 aromatic rings. The van der Waals surface area contributed by atoms with Crippen LogP contribution in [0.4, 0.5) is 0 Å². The van der Waals surface area contributed by atoms with Gasteiger partial charge >= 0.3 is 0 Å². The van der Waals surface area contributed by atoms with Gasteiger partial charge in [-0.2, -0.15) is 0 Å². The second-order valence-electron chi connectivity index (χ2n) is 5.67. The van der Waals surface area contributed by atoms with Gasteiger partial charge in [-0.3, -0.25) is 4.79 Å². The lowest BCUT2D eigenvalue weighted by atomic mass is 9.89. The summed E-state index contributed by atoms with van der Waals surface area (Å²) in [4.78, 5) is 14.0. The maximum atomic E-state index is 12.1. The molecule has 0 unspecified atom stereocenters. The second-order valence-corrected chi connectivity index (χ2v) is 5.67. The fourth-order valence-corrected chi connectivity index (χ4v) is 2.72. The van der Waals surface area contributed by atoms with Crippen molar-refractivity contribution in [3.05, 3.63) is 35.9 Å². The Hall–Kier alpha value is -1.39. The first-order valence-corrected chi connectivity index (χ1v) is 7.26. The number of ether oxygens (including phenoxy) is 1. The van der Waals surface area contributed by atoms with E-state index in [1.165, 1.54) is 5.56 Å². The Morgan fingerprint density at radius 2 is 2.05 bits per heavy atom. The summed E-state index contributed by atoms with van der Waals surface area (Å²) >= 11 is 0. The van der Waals surface area contributed by atoms with Gasteiger partial charge in [0, 0.05) is 19.0 Å². The summed E-state index contributed by atoms with van der Waals surface area (Å²) in [5, 5.41) is 0. The fourth-order valence-electron chi connectivity index (χ4n) is 2.72. The molecular weight excluding hydrogens is 252 g/mol. The van der Waals surface area contributed by atoms with Crippen molar-refractivity contribution in [2.45, 2.75) is 25.9 Å². The number of nitrogens with zero attached hydrogens (tertiary/aromatic N) is 1. The summed E-state index contributed by atoms with van der Waals surface area (Å²) in [6.07, 6.45) is 0.0804. The highest BCUT2D eigenvalue weighted by Crippen LogP contribution is 2.31. The minimum absolute atomic E-state index is 0.0654. The maximum Gasteiger partial charge on any atom is 0.248 e. The lowest BCUT2D eigenvalue weighted by Gasteiger charge is -2.17. The van der Waals surface area contributed by atoms with Crippen LogP contribution in [0.5, 0.6) is 0 Å². The van der Waals surface area contributed by atoms with Gasteiger partial charge in [0.2, 0.25) is 5.91 Å². The molecule has 4 nitrogen and oxygen atoms in total. The van der Waals surface area contributed by atoms with Gasteiger partial charge in [-0.1, -0.05) is 30.3 Å². The van der Waals surface area contributed by atoms with Crippen molar-refractivity contribution in [2.75, 3.05) is 26.2 Å². The first-order valence-electron chi connectivity index (χ1n) is 7.26. The van der Waals surface area contributed by atoms with Crippen LogP contribution in [0.2, 0.25) is 0 Å². The number of carbonyl (C=O) groups is 1. The van der Waals surface area contributed by atoms with Crippen LogP contribution in [-0.4, -0.2) is 43.2 Å². The van der Waals surface area contributed by atoms with Crippen molar-refractivity contribution in [1.82, 2.24) is 4.90 Å². The van der Waals surface area contributed by atoms with Gasteiger partial charge in [0.25, 0.3) is 0 Å². The minimum atomic E-state index is 0.0654. The van der Waals surface area contributed by atoms with Gasteiger partial charge in [-0.05, 0) is 31.9 Å². The Morgan fingerprint density at radius 1 is 1.35 bits per heavy atom. The lowest BCUT2D eigenvalue weighted by Crippen LogP contribution is -2.33. The van der Waals surface area contributed by atoms with E-state index in [0.29, 0.717) is 18.4 Å². The van der Waals surface area contributed by atoms with Gasteiger partial charge in [-0.25, -0.2) is 0 Å². The topological polar surface area (TPSA) is 55.6 Å². The van der Waals surface area contributed by atoms with Crippen LogP contribution >= 0.6 is 0 Å². The van der Waals surface area contributed by atoms with Crippen LogP contribution in [0.25, 0.3) is 0 Å². The molecule has 20 heavy (non-hydrogen) atoms. The molecule has 1 aliphatic rings. The Morgan fingerprint density at radius 3 is 2.65 bits per heavy atom. The highest BCUT2D eigenvalue weighted by Gasteiger charge is 2.35. The van der Waals surface area contributed by atoms with Crippen molar-refractivity contribution < 1.29 is 9.53 Å². The van der Waals surface area contributed by atoms with Crippen LogP contribution in [0, 0.1) is 5.92 Å². The summed E-state index contributed by atoms with van der Waals surface area (Å²) in [7, 11) is 0. The molecule has 1 heterocycles. The Bertz CT molecular complexity index is 433. The molecule has 110 valence electrons. The van der Waals surface area contributed by atoms with Crippen LogP contribution in [-0.2, 0) is 9.53 Å². The highest BCUT2D eigenvalue weighted by molar-refractivity contribution is 5.78. The van der Waals surface area contributed by atoms with Gasteiger partial charge in [-0.15, -0.1) is 0 Å². The van der Waals surface area contributed by atoms with Crippen molar-refractivity contribution in [1.29, 1.82) is 0 Å². The van der Waals surface area contributed by atoms with Crippen molar-refractivity contribution >= 4 is 5.91 Å². The van der Waals surface area contributed by atoms with Crippen LogP contribution in [0.15, 0.2) is 30.3 Å². The number of hydrogen-bond acceptors (Lipinski definition) is 3. The smallest absolute Gasteiger partial charge is 0.248 e. The monoisotopic (exact) mass is 276 g/mol. The summed E-state index contributed by atoms with van der Waals surface area (Å²) in [5.41, 5.74) is 7.14. The molecular formula is C16H24N2O2. The minimum Gasteiger partial charge on any atom is -0.369 e. The summed E-state index contributed by atoms with van der Waals surface area (Å²) < 4.78 is 5.40. The van der Waals surface area contributed by atoms with E-state index in [2.05, 4.69) is 12.1 Å². The first-order chi connectivity index (χ1) is 9.61. The Labute approximate surface area is 120 Å². The molecule has 0 saturated carbocycles. The van der Waals surface area contributed by atoms with Crippen molar-refractivity contribution in [2.24, 2.45) is 11.7 Å². The molecule has 1 amide bonds. The SMILES string of the molecule is CC(C)OCC(=O)N1C[C@@H](CN)[C@H](c2ccccc2)C1. The van der Waals surface area contributed by atoms with E-state index in [1.54, 1.807) is 0 Å². The molecule has 2 atom stereocenters. The van der Waals surface area contributed by atoms with Gasteiger partial charge in [0.15, 0.2) is 0 Å². The summed E-state index contributed by atoms with van der Waals surface area (Å²) in [6, 6.07) is 10.3. The summed E-state index contributed by atoms with van der Waals surface area (Å²) in [6.45, 7) is 6.12. The Balaban J connectivity index is 2.01. The molecule has 1 fully saturated rings. The van der Waals surface area contributed by atoms with Gasteiger partial charge in [0.05, 0.1) is 6.10 Å². The number of carbonyl (C=O) groups excluding carboxylic acids is 1. The number of amides is 1. The molecule has 0 aromatic heterocycles. The standard InChI is InChI=1S/C16H24N2O2/c1-12(2)20-11-16(19)18-9-14(8-17)15(10-18)13-6-4-3-5-7-13/h3-7,12,14-15H,8-11,17H2,1-2H3/t14-,15+/m1/s1. The molecule has 0 radical (unpaired) electrons. The van der Waals surface area contributed by atoms with E-state index in [4.69, 9.17) is 10.5 Å². The number of likely N-dealkylation sites (tertiary alicyclic amines) is 1. The second kappa shape index (κ2) is 6.86. The molecule has 1 aliphatic heterocycles. The molecule has 4 heteroatoms. The zero-order valence-electron chi connectivity index (χ0n) is 12.3. The third kappa shape index (κ3) is 3.58. The fraction of sp³-hybridized carbons (Fsp3) is 0.562. The molecule has 2 rings (SSSR count). The molecule has 1 aromatic carbocycles. The van der Waals surface area contributed by atoms with Gasteiger partial charge in [0.1, 0.15) is 6.61 Å². The summed E-state index contributed by atoms with van der Waals surface area (Å²) in [5.74, 6) is 0.736. The largest absolute Gasteiger partial charge is 0.369 e. The van der Waals surface area contributed by atoms with E-state index in [9.17, 15) is 4.79 Å². The van der Waals surface area contributed by atoms with Crippen LogP contribution < -0.4 is 5.73 Å². The normalized spacial score (nSPS) is 22.5. The Kier molecular flexibility index (Phi) is 5.15. The molecule has 0 aliphatic carbocycles. The van der Waals surface area contributed by atoms with E-state index in [0.717, 1.165) is 13.1 Å². The average molecular weight is 276 g/mol. The zero-order chi connectivity index (χ0) is 14.5. The number of nitrogens with two attached hydrogens (primary N) is 1. The van der Waals surface area contributed by atoms with E-state index in [-0.39, 0.29) is 18.6 Å². The van der Waals surface area contributed by atoms with E-state index in [1.807, 2.05) is 36.9 Å². The van der Waals surface area contributed by atoms with E-state index >= 15 is 0 Å². The van der Waals surface area contributed by atoms with Crippen molar-refractivity contribution in [3.63, 3.8) is 0 Å². The predicted molar refractivity (Wildman–Crippen MR) is 79.4 cm³/mol. The third-order valence-corrected chi connectivity index (χ3v) is 3.86. The third-order valence-electron chi connectivity index (χ3n) is 3.86. The molecule has 0 spiro atoms. The number of benzene rings is 1. The molecule has 2 N–H and O–H groups in total. The van der Waals surface area contributed by atoms with Crippen LogP contribution in [0.1, 0.15) is 25.3 Å². The highest BCUT2D eigenvalue weighted by atomic mass is 16.5. The number of rotatable bonds is 5. The van der Waals surface area contributed by atoms with E-state index < -0.39 is 0 Å². The quantitative estimate of drug-likeness (QED) is 0.889. The van der Waals surface area contributed by atoms with Crippen LogP contribution in [0.3, 0.4) is 0 Å². The number of hydrogen-bond donors (Lipinski definition) is 1. The van der Waals surface area contributed by atoms with Gasteiger partial charge < -0.3 is 15.4 Å². The molecule has 1 saturated heterocycles. The molecule has 0 bridgehead atoms. The predicted octanol–water partition coefficient (Wildman–Crippen LogP) is 1.61. The maximum absolute atomic E-state index is 12.1. The average Bonchev–Trinajstić information content (AvgIpc) is 2.90. The zero-order valence-corrected chi connectivity index (χ0v) is 12.3. The first kappa shape index (κ1) is 15.0.